The number of carbonyl (C=O) groups excluding carboxylic acids is 3. The van der Waals surface area contributed by atoms with Crippen LogP contribution in [0.5, 0.6) is 17.2 Å². The highest BCUT2D eigenvalue weighted by Crippen LogP contribution is 2.25. The highest BCUT2D eigenvalue weighted by molar-refractivity contribution is 9.18. The first-order valence-electron chi connectivity index (χ1n) is 20.2. The lowest BCUT2D eigenvalue weighted by atomic mass is 9.80. The number of benzene rings is 3. The first kappa shape index (κ1) is 52.6. The summed E-state index contributed by atoms with van der Waals surface area (Å²) in [5.74, 6) is 1.04. The second-order valence-corrected chi connectivity index (χ2v) is 13.8. The van der Waals surface area contributed by atoms with Crippen LogP contribution in [0.1, 0.15) is 38.8 Å². The summed E-state index contributed by atoms with van der Waals surface area (Å²) in [4.78, 5) is 51.8. The van der Waals surface area contributed by atoms with Crippen molar-refractivity contribution in [1.29, 1.82) is 0 Å². The maximum absolute atomic E-state index is 12.1. The lowest BCUT2D eigenvalue weighted by molar-refractivity contribution is -0.139. The van der Waals surface area contributed by atoms with Crippen LogP contribution in [0, 0.1) is 0 Å². The van der Waals surface area contributed by atoms with Crippen LogP contribution in [0.15, 0.2) is 127 Å². The average Bonchev–Trinajstić information content (AvgIpc) is 4.03. The molecule has 65 heavy (non-hydrogen) atoms. The van der Waals surface area contributed by atoms with Crippen molar-refractivity contribution in [3.63, 3.8) is 0 Å². The van der Waals surface area contributed by atoms with Gasteiger partial charge in [-0.15, -0.1) is 0 Å². The van der Waals surface area contributed by atoms with Gasteiger partial charge in [0.05, 0.1) is 107 Å². The van der Waals surface area contributed by atoms with Gasteiger partial charge in [-0.3, -0.25) is 15.0 Å². The fraction of sp³-hybridized carbons (Fsp3) is 0.311. The molecule has 3 aromatic carbocycles. The first-order valence-corrected chi connectivity index (χ1v) is 21.0. The summed E-state index contributed by atoms with van der Waals surface area (Å²) in [6, 6.07) is 21.4. The van der Waals surface area contributed by atoms with E-state index in [0.717, 1.165) is 22.6 Å². The lowest BCUT2D eigenvalue weighted by Crippen LogP contribution is -2.29. The molecule has 0 spiro atoms. The molecule has 346 valence electrons. The number of methoxy groups -OCH3 is 3. The van der Waals surface area contributed by atoms with Gasteiger partial charge in [-0.05, 0) is 110 Å². The molecule has 3 aromatic rings. The molecule has 3 aliphatic heterocycles. The van der Waals surface area contributed by atoms with E-state index >= 15 is 0 Å². The van der Waals surface area contributed by atoms with E-state index in [1.165, 1.54) is 6.40 Å². The second-order valence-electron chi connectivity index (χ2n) is 13.0. The van der Waals surface area contributed by atoms with Crippen LogP contribution in [0.4, 0.5) is 0 Å². The topological polar surface area (TPSA) is 258 Å². The molecule has 0 atom stereocenters. The van der Waals surface area contributed by atoms with Gasteiger partial charge >= 0.3 is 25.0 Å². The Bertz CT molecular complexity index is 2310. The molecule has 0 fully saturated rings. The number of aliphatic imine (C=N–C) groups is 4. The van der Waals surface area contributed by atoms with Crippen LogP contribution in [-0.2, 0) is 33.3 Å². The van der Waals surface area contributed by atoms with E-state index in [1.807, 2.05) is 55.5 Å². The normalized spacial score (nSPS) is 13.8. The first-order chi connectivity index (χ1) is 31.3. The third-order valence-corrected chi connectivity index (χ3v) is 9.61. The van der Waals surface area contributed by atoms with Gasteiger partial charge in [0.25, 0.3) is 0 Å². The molecule has 0 saturated carbocycles. The molecule has 6 rings (SSSR count). The van der Waals surface area contributed by atoms with Crippen LogP contribution >= 0.6 is 15.9 Å². The van der Waals surface area contributed by atoms with Crippen LogP contribution in [0.25, 0.3) is 0 Å². The van der Waals surface area contributed by atoms with E-state index in [0.29, 0.717) is 94.0 Å². The van der Waals surface area contributed by atoms with Crippen LogP contribution in [-0.4, -0.2) is 125 Å². The molecule has 0 amide bonds. The minimum absolute atomic E-state index is 0.249. The molecule has 0 radical (unpaired) electrons. The zero-order chi connectivity index (χ0) is 47.9. The van der Waals surface area contributed by atoms with Gasteiger partial charge in [-0.1, -0.05) is 12.1 Å². The number of nitrogens with zero attached hydrogens (tertiary/aromatic N) is 4. The van der Waals surface area contributed by atoms with E-state index < -0.39 is 19.1 Å². The summed E-state index contributed by atoms with van der Waals surface area (Å²) in [6.07, 6.45) is 1.33. The zero-order valence-corrected chi connectivity index (χ0v) is 38.9. The lowest BCUT2D eigenvalue weighted by Gasteiger charge is -2.06. The zero-order valence-electron chi connectivity index (χ0n) is 37.3. The molecule has 3 aliphatic rings. The van der Waals surface area contributed by atoms with Gasteiger partial charge in [0.2, 0.25) is 0 Å². The number of ether oxygens (including phenoxy) is 7. The van der Waals surface area contributed by atoms with Gasteiger partial charge in [0, 0.05) is 11.1 Å². The third-order valence-electron chi connectivity index (χ3n) is 8.93. The Hall–Kier alpha value is -6.77. The van der Waals surface area contributed by atoms with Crippen LogP contribution in [0.3, 0.4) is 0 Å². The van der Waals surface area contributed by atoms with Crippen molar-refractivity contribution in [2.45, 2.75) is 27.7 Å². The second kappa shape index (κ2) is 27.4. The van der Waals surface area contributed by atoms with Crippen molar-refractivity contribution < 1.29 is 57.6 Å². The summed E-state index contributed by atoms with van der Waals surface area (Å²) in [6.45, 7) is 9.45. The number of esters is 3. The predicted octanol–water partition coefficient (Wildman–Crippen LogP) is 3.60. The highest BCUT2D eigenvalue weighted by atomic mass is 79.9. The summed E-state index contributed by atoms with van der Waals surface area (Å²) >= 11 is 3.12. The molecule has 18 nitrogen and oxygen atoms in total. The number of halogens is 1. The van der Waals surface area contributed by atoms with Crippen molar-refractivity contribution in [2.24, 2.45) is 31.4 Å². The fourth-order valence-electron chi connectivity index (χ4n) is 5.58. The maximum Gasteiger partial charge on any atom is 0.488 e. The third kappa shape index (κ3) is 15.5. The summed E-state index contributed by atoms with van der Waals surface area (Å²) in [5.41, 5.74) is 17.5. The molecular weight excluding hydrogens is 907 g/mol. The van der Waals surface area contributed by atoms with Gasteiger partial charge in [-0.2, -0.15) is 0 Å². The Kier molecular flexibility index (Phi) is 22.2. The van der Waals surface area contributed by atoms with Gasteiger partial charge in [0.1, 0.15) is 27.6 Å². The van der Waals surface area contributed by atoms with Crippen LogP contribution in [0.2, 0.25) is 0 Å². The largest absolute Gasteiger partial charge is 0.497 e. The van der Waals surface area contributed by atoms with Crippen molar-refractivity contribution >= 4 is 68.9 Å². The molecule has 6 N–H and O–H groups in total. The van der Waals surface area contributed by atoms with E-state index in [9.17, 15) is 14.4 Å². The molecule has 0 unspecified atom stereocenters. The summed E-state index contributed by atoms with van der Waals surface area (Å²) < 4.78 is 35.6. The Balaban J connectivity index is 0.000000241. The van der Waals surface area contributed by atoms with Crippen molar-refractivity contribution in [1.82, 2.24) is 0 Å². The minimum atomic E-state index is -1.40. The Morgan fingerprint density at radius 3 is 1.43 bits per heavy atom. The number of hydrogen-bond donors (Lipinski definition) is 4. The molecular formula is C45H54BBrN6O12. The molecule has 20 heteroatoms. The average molecular weight is 962 g/mol. The molecule has 0 aromatic heterocycles. The molecule has 0 bridgehead atoms. The molecule has 3 heterocycles. The van der Waals surface area contributed by atoms with Crippen LogP contribution < -0.4 is 31.1 Å². The van der Waals surface area contributed by atoms with E-state index in [-0.39, 0.29) is 19.1 Å². The standard InChI is InChI=1S/C17H20N2O4.C14H16N2O3.C7H9BO3.C7H9BrN2O2/c1-4-22-11-19-16-14(17(20)23-5-2)10-18-15(16)12-6-8-13(21-3)9-7-12;1-3-19-14(17)11-8-16-13(12(11)15)9-4-6-10(18-2)7-5-9;1-11-7-4-2-6(3-5-7)8(9)10;1-2-12-7(11)4-3-10-6(8)5(4)9/h6-9,11H,4-5,10H2,1-3H3;4-7H,3,8,15H2,1-2H3;2-5,9-10H,1H3;2-3,9H2,1H3. The predicted molar refractivity (Wildman–Crippen MR) is 252 cm³/mol. The monoisotopic (exact) mass is 960 g/mol. The Morgan fingerprint density at radius 2 is 1.02 bits per heavy atom. The van der Waals surface area contributed by atoms with Gasteiger partial charge in [0.15, 0.2) is 6.40 Å². The minimum Gasteiger partial charge on any atom is -0.497 e. The number of carbonyl (C=O) groups is 3. The van der Waals surface area contributed by atoms with E-state index in [4.69, 9.17) is 54.7 Å². The fourth-order valence-corrected chi connectivity index (χ4v) is 5.95. The maximum atomic E-state index is 12.1. The molecule has 0 saturated heterocycles. The van der Waals surface area contributed by atoms with Crippen molar-refractivity contribution in [2.75, 3.05) is 67.4 Å². The number of rotatable bonds is 15. The van der Waals surface area contributed by atoms with Gasteiger partial charge < -0.3 is 54.7 Å². The Morgan fingerprint density at radius 1 is 0.615 bits per heavy atom. The SMILES string of the molecule is CCOC(=O)C1=C(N)C(Br)=NC1.CCOC(=O)C1=C(N)C(c2ccc(OC)cc2)=NC1.CCOC=NC1=C(C(=O)OCC)CN=C1c1ccc(OC)cc1.COc1ccc(B(O)O)cc1. The van der Waals surface area contributed by atoms with Gasteiger partial charge in [-0.25, -0.2) is 19.4 Å². The summed E-state index contributed by atoms with van der Waals surface area (Å²) in [5, 5.41) is 17.4. The van der Waals surface area contributed by atoms with Crippen molar-refractivity contribution in [3.05, 3.63) is 118 Å². The van der Waals surface area contributed by atoms with E-state index in [1.54, 1.807) is 66.4 Å². The Labute approximate surface area is 386 Å². The number of allylic oxidation sites excluding steroid dienone is 3. The van der Waals surface area contributed by atoms with Crippen molar-refractivity contribution in [3.8, 4) is 17.2 Å². The number of nitrogens with two attached hydrogens (primary N) is 2. The van der Waals surface area contributed by atoms with E-state index in [2.05, 4.69) is 35.9 Å². The summed E-state index contributed by atoms with van der Waals surface area (Å²) in [7, 11) is 3.37. The molecule has 0 aliphatic carbocycles. The highest BCUT2D eigenvalue weighted by Gasteiger charge is 2.27. The quantitative estimate of drug-likeness (QED) is 0.0559. The number of hydrogen-bond acceptors (Lipinski definition) is 18. The smallest absolute Gasteiger partial charge is 0.488 e.